The lowest BCUT2D eigenvalue weighted by atomic mass is 10.1. The molecule has 124 valence electrons. The van der Waals surface area contributed by atoms with Crippen LogP contribution in [0.4, 0.5) is 0 Å². The quantitative estimate of drug-likeness (QED) is 0.739. The molecule has 2 rings (SSSR count). The lowest BCUT2D eigenvalue weighted by Crippen LogP contribution is -2.36. The average molecular weight is 346 g/mol. The van der Waals surface area contributed by atoms with Gasteiger partial charge in [-0.2, -0.15) is 0 Å². The summed E-state index contributed by atoms with van der Waals surface area (Å²) in [4.78, 5) is 34.6. The molecule has 0 aliphatic carbocycles. The lowest BCUT2D eigenvalue weighted by molar-refractivity contribution is -0.120. The largest absolute Gasteiger partial charge is 0.366 e. The molecule has 2 aromatic carbocycles. The van der Waals surface area contributed by atoms with Gasteiger partial charge in [-0.1, -0.05) is 23.7 Å². The molecule has 7 heteroatoms. The van der Waals surface area contributed by atoms with Gasteiger partial charge in [-0.25, -0.2) is 0 Å². The second-order valence-electron chi connectivity index (χ2n) is 5.03. The Labute approximate surface area is 144 Å². The predicted molar refractivity (Wildman–Crippen MR) is 90.6 cm³/mol. The number of benzene rings is 2. The Morgan fingerprint density at radius 2 is 1.46 bits per heavy atom. The van der Waals surface area contributed by atoms with E-state index in [2.05, 4.69) is 10.6 Å². The topological polar surface area (TPSA) is 101 Å². The molecule has 0 aromatic heterocycles. The van der Waals surface area contributed by atoms with Gasteiger partial charge in [-0.05, 0) is 42.0 Å². The number of carbonyl (C=O) groups excluding carboxylic acids is 3. The highest BCUT2D eigenvalue weighted by Gasteiger charge is 2.08. The molecular formula is C17H16ClN3O3. The molecule has 24 heavy (non-hydrogen) atoms. The zero-order valence-corrected chi connectivity index (χ0v) is 13.5. The van der Waals surface area contributed by atoms with Gasteiger partial charge in [0.25, 0.3) is 5.91 Å². The number of rotatable bonds is 6. The van der Waals surface area contributed by atoms with E-state index in [-0.39, 0.29) is 24.9 Å². The van der Waals surface area contributed by atoms with Crippen LogP contribution in [0.25, 0.3) is 0 Å². The van der Waals surface area contributed by atoms with Gasteiger partial charge >= 0.3 is 0 Å². The Hall–Kier alpha value is -2.86. The molecule has 0 bridgehead atoms. The molecule has 0 unspecified atom stereocenters. The zero-order valence-electron chi connectivity index (χ0n) is 12.7. The third-order valence-electron chi connectivity index (χ3n) is 3.24. The molecule has 2 aromatic rings. The number of hydrogen-bond acceptors (Lipinski definition) is 3. The minimum absolute atomic E-state index is 0.138. The van der Waals surface area contributed by atoms with E-state index in [0.29, 0.717) is 16.1 Å². The van der Waals surface area contributed by atoms with E-state index >= 15 is 0 Å². The minimum Gasteiger partial charge on any atom is -0.366 e. The number of halogens is 1. The van der Waals surface area contributed by atoms with Crippen LogP contribution in [0.15, 0.2) is 48.5 Å². The Balaban J connectivity index is 1.77. The second-order valence-corrected chi connectivity index (χ2v) is 5.46. The summed E-state index contributed by atoms with van der Waals surface area (Å²) in [6.45, 7) is 0.148. The summed E-state index contributed by atoms with van der Waals surface area (Å²) in [5.41, 5.74) is 6.80. The molecule has 0 spiro atoms. The van der Waals surface area contributed by atoms with Crippen molar-refractivity contribution in [2.75, 3.05) is 6.54 Å². The fourth-order valence-corrected chi connectivity index (χ4v) is 2.04. The van der Waals surface area contributed by atoms with Gasteiger partial charge in [0.2, 0.25) is 11.8 Å². The van der Waals surface area contributed by atoms with Crippen LogP contribution in [-0.2, 0) is 11.3 Å². The molecule has 0 heterocycles. The van der Waals surface area contributed by atoms with Crippen LogP contribution in [-0.4, -0.2) is 24.3 Å². The van der Waals surface area contributed by atoms with Crippen LogP contribution in [0, 0.1) is 0 Å². The van der Waals surface area contributed by atoms with Crippen molar-refractivity contribution in [2.45, 2.75) is 6.54 Å². The van der Waals surface area contributed by atoms with Crippen LogP contribution in [0.5, 0.6) is 0 Å². The summed E-state index contributed by atoms with van der Waals surface area (Å²) in [6, 6.07) is 12.9. The van der Waals surface area contributed by atoms with Crippen LogP contribution >= 0.6 is 11.6 Å². The SMILES string of the molecule is NC(=O)c1ccc(CNC(=O)CNC(=O)c2ccc(Cl)cc2)cc1. The minimum atomic E-state index is -0.504. The van der Waals surface area contributed by atoms with Crippen LogP contribution < -0.4 is 16.4 Å². The van der Waals surface area contributed by atoms with Crippen LogP contribution in [0.3, 0.4) is 0 Å². The number of hydrogen-bond donors (Lipinski definition) is 3. The highest BCUT2D eigenvalue weighted by Crippen LogP contribution is 2.09. The maximum absolute atomic E-state index is 11.9. The molecule has 0 saturated carbocycles. The molecule has 0 aliphatic rings. The summed E-state index contributed by atoms with van der Waals surface area (Å²) in [5.74, 6) is -1.18. The normalized spacial score (nSPS) is 10.0. The number of nitrogens with two attached hydrogens (primary N) is 1. The van der Waals surface area contributed by atoms with Crippen molar-refractivity contribution in [3.8, 4) is 0 Å². The highest BCUT2D eigenvalue weighted by atomic mass is 35.5. The molecule has 0 aliphatic heterocycles. The van der Waals surface area contributed by atoms with E-state index in [9.17, 15) is 14.4 Å². The first-order valence-corrected chi connectivity index (χ1v) is 7.52. The van der Waals surface area contributed by atoms with Gasteiger partial charge in [0.1, 0.15) is 0 Å². The van der Waals surface area contributed by atoms with Crippen molar-refractivity contribution < 1.29 is 14.4 Å². The van der Waals surface area contributed by atoms with Crippen molar-refractivity contribution in [3.05, 3.63) is 70.2 Å². The van der Waals surface area contributed by atoms with Gasteiger partial charge in [0, 0.05) is 22.7 Å². The predicted octanol–water partition coefficient (Wildman–Crippen LogP) is 1.49. The monoisotopic (exact) mass is 345 g/mol. The van der Waals surface area contributed by atoms with Crippen molar-refractivity contribution in [3.63, 3.8) is 0 Å². The fraction of sp³-hybridized carbons (Fsp3) is 0.118. The molecule has 0 saturated heterocycles. The summed E-state index contributed by atoms with van der Waals surface area (Å²) < 4.78 is 0. The molecule has 0 atom stereocenters. The summed E-state index contributed by atoms with van der Waals surface area (Å²) in [7, 11) is 0. The first-order chi connectivity index (χ1) is 11.5. The van der Waals surface area contributed by atoms with Crippen LogP contribution in [0.1, 0.15) is 26.3 Å². The lowest BCUT2D eigenvalue weighted by Gasteiger charge is -2.07. The van der Waals surface area contributed by atoms with Crippen molar-refractivity contribution in [1.82, 2.24) is 10.6 Å². The molecule has 4 N–H and O–H groups in total. The molecule has 6 nitrogen and oxygen atoms in total. The molecular weight excluding hydrogens is 330 g/mol. The van der Waals surface area contributed by atoms with E-state index in [1.165, 1.54) is 0 Å². The number of primary amides is 1. The molecule has 0 fully saturated rings. The van der Waals surface area contributed by atoms with Gasteiger partial charge in [0.05, 0.1) is 6.54 Å². The maximum Gasteiger partial charge on any atom is 0.251 e. The van der Waals surface area contributed by atoms with Crippen molar-refractivity contribution in [2.24, 2.45) is 5.73 Å². The highest BCUT2D eigenvalue weighted by molar-refractivity contribution is 6.30. The summed E-state index contributed by atoms with van der Waals surface area (Å²) >= 11 is 5.75. The van der Waals surface area contributed by atoms with Gasteiger partial charge < -0.3 is 16.4 Å². The van der Waals surface area contributed by atoms with Crippen LogP contribution in [0.2, 0.25) is 5.02 Å². The Kier molecular flexibility index (Phi) is 5.92. The first-order valence-electron chi connectivity index (χ1n) is 7.15. The van der Waals surface area contributed by atoms with Gasteiger partial charge in [0.15, 0.2) is 0 Å². The third kappa shape index (κ3) is 5.10. The Bertz CT molecular complexity index is 743. The molecule has 0 radical (unpaired) electrons. The van der Waals surface area contributed by atoms with E-state index in [4.69, 9.17) is 17.3 Å². The first kappa shape index (κ1) is 17.5. The number of nitrogens with one attached hydrogen (secondary N) is 2. The second kappa shape index (κ2) is 8.12. The standard InChI is InChI=1S/C17H16ClN3O3/c18-14-7-5-13(6-8-14)17(24)21-10-15(22)20-9-11-1-3-12(4-2-11)16(19)23/h1-8H,9-10H2,(H2,19,23)(H,20,22)(H,21,24). The summed E-state index contributed by atoms with van der Waals surface area (Å²) in [5, 5.41) is 5.73. The van der Waals surface area contributed by atoms with E-state index in [0.717, 1.165) is 5.56 Å². The average Bonchev–Trinajstić information content (AvgIpc) is 2.58. The number of carbonyl (C=O) groups is 3. The maximum atomic E-state index is 11.9. The zero-order chi connectivity index (χ0) is 17.5. The van der Waals surface area contributed by atoms with Gasteiger partial charge in [-0.15, -0.1) is 0 Å². The van der Waals surface area contributed by atoms with E-state index in [1.54, 1.807) is 48.5 Å². The Morgan fingerprint density at radius 3 is 2.04 bits per heavy atom. The molecule has 3 amide bonds. The van der Waals surface area contributed by atoms with Crippen molar-refractivity contribution in [1.29, 1.82) is 0 Å². The summed E-state index contributed by atoms with van der Waals surface area (Å²) in [6.07, 6.45) is 0. The van der Waals surface area contributed by atoms with Gasteiger partial charge in [-0.3, -0.25) is 14.4 Å². The number of amides is 3. The Morgan fingerprint density at radius 1 is 0.875 bits per heavy atom. The smallest absolute Gasteiger partial charge is 0.251 e. The fourth-order valence-electron chi connectivity index (χ4n) is 1.91. The van der Waals surface area contributed by atoms with Crippen molar-refractivity contribution >= 4 is 29.3 Å². The van der Waals surface area contributed by atoms with E-state index in [1.807, 2.05) is 0 Å². The third-order valence-corrected chi connectivity index (χ3v) is 3.50. The van der Waals surface area contributed by atoms with E-state index < -0.39 is 5.91 Å².